The van der Waals surface area contributed by atoms with Gasteiger partial charge in [0.2, 0.25) is 0 Å². The zero-order chi connectivity index (χ0) is 20.9. The number of benzene rings is 3. The zero-order valence-electron chi connectivity index (χ0n) is 16.0. The molecule has 1 aliphatic heterocycles. The van der Waals surface area contributed by atoms with Gasteiger partial charge in [0, 0.05) is 0 Å². The first-order valence-corrected chi connectivity index (χ1v) is 10.6. The van der Waals surface area contributed by atoms with E-state index in [4.69, 9.17) is 16.3 Å². The molecule has 3 aromatic rings. The molecule has 0 unspecified atom stereocenters. The average molecular weight is 436 g/mol. The molecule has 0 bridgehead atoms. The molecule has 4 rings (SSSR count). The van der Waals surface area contributed by atoms with E-state index < -0.39 is 0 Å². The van der Waals surface area contributed by atoms with Crippen molar-refractivity contribution >= 4 is 40.6 Å². The van der Waals surface area contributed by atoms with E-state index >= 15 is 0 Å². The summed E-state index contributed by atoms with van der Waals surface area (Å²) in [5.74, 6) is 0.268. The Bertz CT molecular complexity index is 1100. The molecular formula is C24H18ClNO3S. The molecule has 0 spiro atoms. The number of rotatable bonds is 6. The van der Waals surface area contributed by atoms with Crippen LogP contribution in [-0.4, -0.2) is 16.0 Å². The summed E-state index contributed by atoms with van der Waals surface area (Å²) in [6.45, 7) is 0.675. The van der Waals surface area contributed by atoms with E-state index in [1.54, 1.807) is 18.2 Å². The molecule has 0 saturated carbocycles. The summed E-state index contributed by atoms with van der Waals surface area (Å²) in [5.41, 5.74) is 2.69. The highest BCUT2D eigenvalue weighted by atomic mass is 35.5. The second-order valence-corrected chi connectivity index (χ2v) is 8.12. The van der Waals surface area contributed by atoms with Crippen LogP contribution in [0.15, 0.2) is 83.8 Å². The second-order valence-electron chi connectivity index (χ2n) is 6.72. The van der Waals surface area contributed by atoms with Crippen molar-refractivity contribution in [2.75, 3.05) is 0 Å². The van der Waals surface area contributed by atoms with Crippen LogP contribution in [0.4, 0.5) is 4.79 Å². The number of carbonyl (C=O) groups excluding carboxylic acids is 2. The van der Waals surface area contributed by atoms with Crippen molar-refractivity contribution in [1.29, 1.82) is 0 Å². The van der Waals surface area contributed by atoms with Gasteiger partial charge in [0.05, 0.1) is 16.5 Å². The van der Waals surface area contributed by atoms with Gasteiger partial charge in [-0.05, 0) is 46.7 Å². The van der Waals surface area contributed by atoms with Gasteiger partial charge in [-0.1, -0.05) is 78.3 Å². The maximum Gasteiger partial charge on any atom is 0.293 e. The van der Waals surface area contributed by atoms with Gasteiger partial charge in [-0.15, -0.1) is 0 Å². The van der Waals surface area contributed by atoms with E-state index in [0.717, 1.165) is 28.5 Å². The summed E-state index contributed by atoms with van der Waals surface area (Å²) in [4.78, 5) is 26.6. The maximum atomic E-state index is 12.7. The topological polar surface area (TPSA) is 46.6 Å². The van der Waals surface area contributed by atoms with Crippen LogP contribution in [0.2, 0.25) is 5.02 Å². The van der Waals surface area contributed by atoms with Crippen molar-refractivity contribution in [2.45, 2.75) is 13.2 Å². The minimum atomic E-state index is -0.297. The number of nitrogens with zero attached hydrogens (tertiary/aromatic N) is 1. The summed E-state index contributed by atoms with van der Waals surface area (Å²) < 4.78 is 5.78. The molecule has 1 aliphatic rings. The van der Waals surface area contributed by atoms with Gasteiger partial charge in [-0.3, -0.25) is 14.5 Å². The first-order valence-electron chi connectivity index (χ1n) is 9.36. The summed E-state index contributed by atoms with van der Waals surface area (Å²) >= 11 is 7.30. The summed E-state index contributed by atoms with van der Waals surface area (Å²) in [6, 6.07) is 24.6. The Morgan fingerprint density at radius 3 is 2.23 bits per heavy atom. The Kier molecular flexibility index (Phi) is 6.21. The van der Waals surface area contributed by atoms with Gasteiger partial charge < -0.3 is 4.74 Å². The van der Waals surface area contributed by atoms with E-state index in [1.807, 2.05) is 66.7 Å². The lowest BCUT2D eigenvalue weighted by molar-refractivity contribution is -0.123. The normalized spacial score (nSPS) is 15.1. The highest BCUT2D eigenvalue weighted by Crippen LogP contribution is 2.34. The Balaban J connectivity index is 1.46. The molecule has 0 aliphatic carbocycles. The molecule has 6 heteroatoms. The van der Waals surface area contributed by atoms with Crippen molar-refractivity contribution in [3.05, 3.63) is 105 Å². The molecule has 4 nitrogen and oxygen atoms in total. The van der Waals surface area contributed by atoms with Crippen LogP contribution in [0.5, 0.6) is 5.75 Å². The highest BCUT2D eigenvalue weighted by molar-refractivity contribution is 8.18. The van der Waals surface area contributed by atoms with Gasteiger partial charge >= 0.3 is 0 Å². The van der Waals surface area contributed by atoms with Crippen LogP contribution in [-0.2, 0) is 17.9 Å². The van der Waals surface area contributed by atoms with Crippen molar-refractivity contribution < 1.29 is 14.3 Å². The van der Waals surface area contributed by atoms with Crippen molar-refractivity contribution in [2.24, 2.45) is 0 Å². The van der Waals surface area contributed by atoms with Crippen LogP contribution in [0.1, 0.15) is 16.7 Å². The number of carbonyl (C=O) groups is 2. The fraction of sp³-hybridized carbons (Fsp3) is 0.0833. The first-order chi connectivity index (χ1) is 14.6. The minimum Gasteiger partial charge on any atom is -0.487 e. The fourth-order valence-electron chi connectivity index (χ4n) is 3.01. The number of ether oxygens (including phenoxy) is 1. The van der Waals surface area contributed by atoms with Crippen LogP contribution < -0.4 is 4.74 Å². The number of hydrogen-bond donors (Lipinski definition) is 0. The molecule has 150 valence electrons. The van der Waals surface area contributed by atoms with E-state index in [1.165, 1.54) is 4.90 Å². The number of thioether (sulfide) groups is 1. The predicted molar refractivity (Wildman–Crippen MR) is 120 cm³/mol. The SMILES string of the molecule is O=C1S/C(=C\c2ccc(OCc3ccccc3)c(Cl)c2)C(=O)N1Cc1ccccc1. The lowest BCUT2D eigenvalue weighted by Crippen LogP contribution is -2.27. The summed E-state index contributed by atoms with van der Waals surface area (Å²) in [6.07, 6.45) is 1.68. The molecule has 0 aromatic heterocycles. The summed E-state index contributed by atoms with van der Waals surface area (Å²) in [5, 5.41) is 0.173. The highest BCUT2D eigenvalue weighted by Gasteiger charge is 2.34. The average Bonchev–Trinajstić information content (AvgIpc) is 3.02. The lowest BCUT2D eigenvalue weighted by atomic mass is 10.2. The van der Waals surface area contributed by atoms with Crippen molar-refractivity contribution in [3.63, 3.8) is 0 Å². The predicted octanol–water partition coefficient (Wildman–Crippen LogP) is 6.16. The molecule has 0 radical (unpaired) electrons. The van der Waals surface area contributed by atoms with Crippen LogP contribution in [0.25, 0.3) is 6.08 Å². The molecule has 30 heavy (non-hydrogen) atoms. The number of amides is 2. The molecule has 1 heterocycles. The zero-order valence-corrected chi connectivity index (χ0v) is 17.5. The van der Waals surface area contributed by atoms with Gasteiger partial charge in [-0.2, -0.15) is 0 Å². The molecule has 0 N–H and O–H groups in total. The largest absolute Gasteiger partial charge is 0.487 e. The van der Waals surface area contributed by atoms with Crippen molar-refractivity contribution in [3.8, 4) is 5.75 Å². The molecular weight excluding hydrogens is 418 g/mol. The number of halogens is 1. The monoisotopic (exact) mass is 435 g/mol. The molecule has 1 fully saturated rings. The Morgan fingerprint density at radius 2 is 1.57 bits per heavy atom. The first kappa shape index (κ1) is 20.3. The minimum absolute atomic E-state index is 0.260. The quantitative estimate of drug-likeness (QED) is 0.435. The number of hydrogen-bond acceptors (Lipinski definition) is 4. The third kappa shape index (κ3) is 4.75. The molecule has 0 atom stereocenters. The maximum absolute atomic E-state index is 12.7. The molecule has 1 saturated heterocycles. The Hall–Kier alpha value is -3.02. The van der Waals surface area contributed by atoms with E-state index in [2.05, 4.69) is 0 Å². The van der Waals surface area contributed by atoms with Crippen LogP contribution >= 0.6 is 23.4 Å². The second kappa shape index (κ2) is 9.20. The van der Waals surface area contributed by atoms with Gasteiger partial charge in [0.25, 0.3) is 11.1 Å². The lowest BCUT2D eigenvalue weighted by Gasteiger charge is -2.12. The summed E-state index contributed by atoms with van der Waals surface area (Å²) in [7, 11) is 0. The van der Waals surface area contributed by atoms with Gasteiger partial charge in [0.1, 0.15) is 12.4 Å². The Labute approximate surface area is 184 Å². The third-order valence-electron chi connectivity index (χ3n) is 4.55. The Morgan fingerprint density at radius 1 is 0.900 bits per heavy atom. The van der Waals surface area contributed by atoms with Gasteiger partial charge in [0.15, 0.2) is 0 Å². The van der Waals surface area contributed by atoms with E-state index in [-0.39, 0.29) is 17.7 Å². The van der Waals surface area contributed by atoms with Gasteiger partial charge in [-0.25, -0.2) is 0 Å². The molecule has 3 aromatic carbocycles. The standard InChI is InChI=1S/C24H18ClNO3S/c25-20-13-19(11-12-21(20)29-16-18-9-5-2-6-10-18)14-22-23(27)26(24(28)30-22)15-17-7-3-1-4-8-17/h1-14H,15-16H2/b22-14-. The van der Waals surface area contributed by atoms with Crippen LogP contribution in [0.3, 0.4) is 0 Å². The van der Waals surface area contributed by atoms with E-state index in [0.29, 0.717) is 22.3 Å². The third-order valence-corrected chi connectivity index (χ3v) is 5.75. The molecule has 2 amide bonds. The number of imide groups is 1. The smallest absolute Gasteiger partial charge is 0.293 e. The van der Waals surface area contributed by atoms with Crippen molar-refractivity contribution in [1.82, 2.24) is 4.90 Å². The van der Waals surface area contributed by atoms with Crippen LogP contribution in [0, 0.1) is 0 Å². The van der Waals surface area contributed by atoms with E-state index in [9.17, 15) is 9.59 Å². The fourth-order valence-corrected chi connectivity index (χ4v) is 4.09.